The van der Waals surface area contributed by atoms with Crippen LogP contribution in [-0.2, 0) is 9.53 Å². The van der Waals surface area contributed by atoms with Gasteiger partial charge in [0, 0.05) is 19.2 Å². The van der Waals surface area contributed by atoms with Crippen molar-refractivity contribution in [3.05, 3.63) is 23.8 Å². The van der Waals surface area contributed by atoms with Gasteiger partial charge in [0.15, 0.2) is 0 Å². The zero-order valence-electron chi connectivity index (χ0n) is 9.38. The van der Waals surface area contributed by atoms with Crippen LogP contribution in [0.5, 0.6) is 0 Å². The number of carbonyl (C=O) groups is 1. The SMILES string of the molecule is C=C(C)COCCNCC(C)=CC(=O)O. The molecule has 0 aliphatic carbocycles. The van der Waals surface area contributed by atoms with Crippen LogP contribution in [0, 0.1) is 0 Å². The minimum absolute atomic E-state index is 0.572. The molecule has 0 spiro atoms. The van der Waals surface area contributed by atoms with Gasteiger partial charge in [0.05, 0.1) is 13.2 Å². The number of carboxylic acids is 1. The van der Waals surface area contributed by atoms with Gasteiger partial charge in [-0.2, -0.15) is 0 Å². The summed E-state index contributed by atoms with van der Waals surface area (Å²) >= 11 is 0. The maximum atomic E-state index is 10.3. The van der Waals surface area contributed by atoms with Crippen LogP contribution in [0.2, 0.25) is 0 Å². The highest BCUT2D eigenvalue weighted by atomic mass is 16.5. The molecule has 15 heavy (non-hydrogen) atoms. The van der Waals surface area contributed by atoms with Crippen LogP contribution >= 0.6 is 0 Å². The molecule has 0 fully saturated rings. The molecule has 0 saturated carbocycles. The van der Waals surface area contributed by atoms with Crippen molar-refractivity contribution < 1.29 is 14.6 Å². The number of rotatable bonds is 8. The van der Waals surface area contributed by atoms with Crippen LogP contribution < -0.4 is 5.32 Å². The zero-order valence-corrected chi connectivity index (χ0v) is 9.38. The van der Waals surface area contributed by atoms with Crippen molar-refractivity contribution >= 4 is 5.97 Å². The van der Waals surface area contributed by atoms with E-state index in [-0.39, 0.29) is 0 Å². The summed E-state index contributed by atoms with van der Waals surface area (Å²) in [5.41, 5.74) is 1.79. The van der Waals surface area contributed by atoms with Gasteiger partial charge in [0.2, 0.25) is 0 Å². The molecule has 0 atom stereocenters. The molecule has 4 heteroatoms. The summed E-state index contributed by atoms with van der Waals surface area (Å²) in [6.07, 6.45) is 1.20. The largest absolute Gasteiger partial charge is 0.478 e. The standard InChI is InChI=1S/C11H19NO3/c1-9(2)8-15-5-4-12-7-10(3)6-11(13)14/h6,12H,1,4-5,7-8H2,2-3H3,(H,13,14). The third-order valence-corrected chi connectivity index (χ3v) is 1.55. The molecule has 4 nitrogen and oxygen atoms in total. The summed E-state index contributed by atoms with van der Waals surface area (Å²) in [5.74, 6) is -0.909. The summed E-state index contributed by atoms with van der Waals surface area (Å²) in [5, 5.41) is 11.5. The van der Waals surface area contributed by atoms with E-state index in [4.69, 9.17) is 9.84 Å². The maximum absolute atomic E-state index is 10.3. The van der Waals surface area contributed by atoms with Crippen molar-refractivity contribution in [2.75, 3.05) is 26.3 Å². The van der Waals surface area contributed by atoms with Crippen LogP contribution in [-0.4, -0.2) is 37.4 Å². The van der Waals surface area contributed by atoms with E-state index in [0.717, 1.165) is 11.1 Å². The van der Waals surface area contributed by atoms with Crippen molar-refractivity contribution in [2.45, 2.75) is 13.8 Å². The Bertz CT molecular complexity index is 246. The third kappa shape index (κ3) is 10.8. The molecular formula is C11H19NO3. The van der Waals surface area contributed by atoms with Crippen LogP contribution in [0.15, 0.2) is 23.8 Å². The summed E-state index contributed by atoms with van der Waals surface area (Å²) in [7, 11) is 0. The Balaban J connectivity index is 3.39. The summed E-state index contributed by atoms with van der Waals surface area (Å²) < 4.78 is 5.26. The summed E-state index contributed by atoms with van der Waals surface area (Å²) in [4.78, 5) is 10.3. The van der Waals surface area contributed by atoms with E-state index in [9.17, 15) is 4.79 Å². The lowest BCUT2D eigenvalue weighted by atomic mass is 10.3. The fourth-order valence-corrected chi connectivity index (χ4v) is 0.938. The lowest BCUT2D eigenvalue weighted by Gasteiger charge is -2.05. The highest BCUT2D eigenvalue weighted by molar-refractivity contribution is 5.80. The van der Waals surface area contributed by atoms with Gasteiger partial charge in [-0.1, -0.05) is 17.7 Å². The quantitative estimate of drug-likeness (QED) is 0.361. The fraction of sp³-hybridized carbons (Fsp3) is 0.545. The van der Waals surface area contributed by atoms with Gasteiger partial charge in [-0.3, -0.25) is 0 Å². The van der Waals surface area contributed by atoms with Gasteiger partial charge in [-0.25, -0.2) is 4.79 Å². The van der Waals surface area contributed by atoms with Crippen LogP contribution in [0.25, 0.3) is 0 Å². The molecule has 86 valence electrons. The number of aliphatic carboxylic acids is 1. The summed E-state index contributed by atoms with van der Waals surface area (Å²) in [6, 6.07) is 0. The van der Waals surface area contributed by atoms with Crippen LogP contribution in [0.1, 0.15) is 13.8 Å². The molecule has 0 rings (SSSR count). The monoisotopic (exact) mass is 213 g/mol. The first-order valence-corrected chi connectivity index (χ1v) is 4.85. The Morgan fingerprint density at radius 1 is 1.53 bits per heavy atom. The molecule has 0 aromatic carbocycles. The first-order chi connectivity index (χ1) is 7.02. The second-order valence-electron chi connectivity index (χ2n) is 3.52. The molecule has 2 N–H and O–H groups in total. The normalized spacial score (nSPS) is 11.5. The molecule has 0 unspecified atom stereocenters. The van der Waals surface area contributed by atoms with Gasteiger partial charge < -0.3 is 15.2 Å². The molecule has 0 radical (unpaired) electrons. The van der Waals surface area contributed by atoms with E-state index >= 15 is 0 Å². The second kappa shape index (κ2) is 8.20. The van der Waals surface area contributed by atoms with Gasteiger partial charge in [0.25, 0.3) is 0 Å². The predicted molar refractivity (Wildman–Crippen MR) is 59.9 cm³/mol. The zero-order chi connectivity index (χ0) is 11.7. The molecule has 0 heterocycles. The second-order valence-corrected chi connectivity index (χ2v) is 3.52. The minimum atomic E-state index is -0.909. The average Bonchev–Trinajstić information content (AvgIpc) is 2.09. The van der Waals surface area contributed by atoms with E-state index < -0.39 is 5.97 Å². The fourth-order valence-electron chi connectivity index (χ4n) is 0.938. The number of ether oxygens (including phenoxy) is 1. The van der Waals surface area contributed by atoms with Crippen molar-refractivity contribution in [1.82, 2.24) is 5.32 Å². The van der Waals surface area contributed by atoms with Gasteiger partial charge in [-0.05, 0) is 13.8 Å². The summed E-state index contributed by atoms with van der Waals surface area (Å²) in [6.45, 7) is 9.86. The van der Waals surface area contributed by atoms with Gasteiger partial charge in [0.1, 0.15) is 0 Å². The number of carboxylic acid groups (broad SMARTS) is 1. The Labute approximate surface area is 90.6 Å². The highest BCUT2D eigenvalue weighted by Crippen LogP contribution is 1.89. The first-order valence-electron chi connectivity index (χ1n) is 4.85. The topological polar surface area (TPSA) is 58.6 Å². The van der Waals surface area contributed by atoms with Gasteiger partial charge >= 0.3 is 5.97 Å². The lowest BCUT2D eigenvalue weighted by Crippen LogP contribution is -2.22. The maximum Gasteiger partial charge on any atom is 0.328 e. The molecule has 0 bridgehead atoms. The van der Waals surface area contributed by atoms with Crippen molar-refractivity contribution in [3.63, 3.8) is 0 Å². The predicted octanol–water partition coefficient (Wildman–Crippen LogP) is 1.20. The first kappa shape index (κ1) is 13.9. The van der Waals surface area contributed by atoms with Crippen molar-refractivity contribution in [3.8, 4) is 0 Å². The van der Waals surface area contributed by atoms with E-state index in [1.807, 2.05) is 6.92 Å². The smallest absolute Gasteiger partial charge is 0.328 e. The lowest BCUT2D eigenvalue weighted by molar-refractivity contribution is -0.131. The number of nitrogens with one attached hydrogen (secondary N) is 1. The Morgan fingerprint density at radius 2 is 2.20 bits per heavy atom. The number of hydrogen-bond donors (Lipinski definition) is 2. The average molecular weight is 213 g/mol. The van der Waals surface area contributed by atoms with E-state index in [1.165, 1.54) is 6.08 Å². The van der Waals surface area contributed by atoms with Crippen LogP contribution in [0.3, 0.4) is 0 Å². The van der Waals surface area contributed by atoms with E-state index in [0.29, 0.717) is 26.3 Å². The van der Waals surface area contributed by atoms with Crippen molar-refractivity contribution in [2.24, 2.45) is 0 Å². The highest BCUT2D eigenvalue weighted by Gasteiger charge is 1.94. The van der Waals surface area contributed by atoms with Gasteiger partial charge in [-0.15, -0.1) is 0 Å². The molecule has 0 aromatic heterocycles. The molecule has 0 amide bonds. The van der Waals surface area contributed by atoms with Crippen molar-refractivity contribution in [1.29, 1.82) is 0 Å². The Morgan fingerprint density at radius 3 is 2.73 bits per heavy atom. The third-order valence-electron chi connectivity index (χ3n) is 1.55. The van der Waals surface area contributed by atoms with E-state index in [1.54, 1.807) is 6.92 Å². The Hall–Kier alpha value is -1.13. The molecule has 0 aliphatic rings. The molecule has 0 saturated heterocycles. The molecule has 0 aliphatic heterocycles. The molecular weight excluding hydrogens is 194 g/mol. The minimum Gasteiger partial charge on any atom is -0.478 e. The number of hydrogen-bond acceptors (Lipinski definition) is 3. The van der Waals surface area contributed by atoms with E-state index in [2.05, 4.69) is 11.9 Å². The molecule has 0 aromatic rings. The van der Waals surface area contributed by atoms with Crippen LogP contribution in [0.4, 0.5) is 0 Å². The Kier molecular flexibility index (Phi) is 7.58.